The number of nitrogens with one attached hydrogen (secondary N) is 1. The molecule has 1 heterocycles. The number of aryl methyl sites for hydroxylation is 1. The number of hydrogen-bond donors (Lipinski definition) is 1. The van der Waals surface area contributed by atoms with Crippen LogP contribution >= 0.6 is 23.4 Å². The number of benzene rings is 2. The van der Waals surface area contributed by atoms with Crippen LogP contribution in [0.2, 0.25) is 5.02 Å². The number of carbonyl (C=O) groups excluding carboxylic acids is 1. The van der Waals surface area contributed by atoms with Gasteiger partial charge in [-0.1, -0.05) is 35.5 Å². The van der Waals surface area contributed by atoms with Gasteiger partial charge in [0.2, 0.25) is 11.8 Å². The second-order valence-corrected chi connectivity index (χ2v) is 8.55. The van der Waals surface area contributed by atoms with Crippen molar-refractivity contribution in [3.05, 3.63) is 70.4 Å². The molecule has 7 heteroatoms. The van der Waals surface area contributed by atoms with Crippen molar-refractivity contribution < 1.29 is 9.53 Å². The van der Waals surface area contributed by atoms with Gasteiger partial charge in [0.1, 0.15) is 5.75 Å². The summed E-state index contributed by atoms with van der Waals surface area (Å²) in [5, 5.41) is 4.21. The second kappa shape index (κ2) is 9.49. The van der Waals surface area contributed by atoms with E-state index >= 15 is 0 Å². The van der Waals surface area contributed by atoms with Gasteiger partial charge < -0.3 is 10.1 Å². The highest BCUT2D eigenvalue weighted by atomic mass is 35.5. The molecule has 1 amide bonds. The third kappa shape index (κ3) is 5.32. The molecule has 0 bridgehead atoms. The molecular weight excluding hydrogens is 418 g/mol. The molecule has 1 aliphatic rings. The van der Waals surface area contributed by atoms with Crippen LogP contribution < -0.4 is 10.1 Å². The Bertz CT molecular complexity index is 1040. The first-order chi connectivity index (χ1) is 14.6. The Labute approximate surface area is 185 Å². The van der Waals surface area contributed by atoms with Gasteiger partial charge in [-0.2, -0.15) is 4.98 Å². The van der Waals surface area contributed by atoms with Crippen molar-refractivity contribution in [1.82, 2.24) is 9.97 Å². The standard InChI is InChI=1S/C23H22ClN3O2S/c1-15(28)25-18-10-12-19(13-11-18)29-22-20-4-2-3-5-21(20)26-23(27-22)30-14-16-6-8-17(24)9-7-16/h6-13H,2-5,14H2,1H3,(H,25,28). The summed E-state index contributed by atoms with van der Waals surface area (Å²) in [5.74, 6) is 1.98. The maximum Gasteiger partial charge on any atom is 0.226 e. The predicted molar refractivity (Wildman–Crippen MR) is 121 cm³/mol. The molecule has 5 nitrogen and oxygen atoms in total. The molecule has 0 fully saturated rings. The van der Waals surface area contributed by atoms with Gasteiger partial charge in [0, 0.05) is 29.0 Å². The van der Waals surface area contributed by atoms with Gasteiger partial charge >= 0.3 is 0 Å². The number of nitrogens with zero attached hydrogens (tertiary/aromatic N) is 2. The van der Waals surface area contributed by atoms with E-state index in [2.05, 4.69) is 5.32 Å². The quantitative estimate of drug-likeness (QED) is 0.374. The fraction of sp³-hybridized carbons (Fsp3) is 0.261. The van der Waals surface area contributed by atoms with Crippen LogP contribution in [0, 0.1) is 0 Å². The van der Waals surface area contributed by atoms with Crippen LogP contribution in [0.5, 0.6) is 11.6 Å². The third-order valence-corrected chi connectivity index (χ3v) is 5.97. The number of hydrogen-bond acceptors (Lipinski definition) is 5. The number of amides is 1. The van der Waals surface area contributed by atoms with Crippen molar-refractivity contribution in [3.63, 3.8) is 0 Å². The SMILES string of the molecule is CC(=O)Nc1ccc(Oc2nc(SCc3ccc(Cl)cc3)nc3c2CCCC3)cc1. The summed E-state index contributed by atoms with van der Waals surface area (Å²) in [4.78, 5) is 20.7. The Kier molecular flexibility index (Phi) is 6.55. The van der Waals surface area contributed by atoms with E-state index in [-0.39, 0.29) is 5.91 Å². The van der Waals surface area contributed by atoms with Gasteiger partial charge in [0.05, 0.1) is 5.69 Å². The smallest absolute Gasteiger partial charge is 0.226 e. The summed E-state index contributed by atoms with van der Waals surface area (Å²) in [6.45, 7) is 1.49. The highest BCUT2D eigenvalue weighted by Gasteiger charge is 2.20. The van der Waals surface area contributed by atoms with Gasteiger partial charge in [0.15, 0.2) is 5.16 Å². The monoisotopic (exact) mass is 439 g/mol. The summed E-state index contributed by atoms with van der Waals surface area (Å²) < 4.78 is 6.15. The number of fused-ring (bicyclic) bond motifs is 1. The van der Waals surface area contributed by atoms with Crippen LogP contribution in [-0.2, 0) is 23.4 Å². The average Bonchev–Trinajstić information content (AvgIpc) is 2.74. The van der Waals surface area contributed by atoms with Crippen molar-refractivity contribution >= 4 is 35.0 Å². The van der Waals surface area contributed by atoms with Crippen LogP contribution in [0.3, 0.4) is 0 Å². The van der Waals surface area contributed by atoms with E-state index in [4.69, 9.17) is 26.3 Å². The van der Waals surface area contributed by atoms with E-state index in [1.54, 1.807) is 11.8 Å². The van der Waals surface area contributed by atoms with Crippen LogP contribution in [0.4, 0.5) is 5.69 Å². The summed E-state index contributed by atoms with van der Waals surface area (Å²) in [5.41, 5.74) is 4.09. The lowest BCUT2D eigenvalue weighted by molar-refractivity contribution is -0.114. The normalized spacial score (nSPS) is 12.9. The Morgan fingerprint density at radius 2 is 1.80 bits per heavy atom. The zero-order valence-electron chi connectivity index (χ0n) is 16.7. The van der Waals surface area contributed by atoms with Gasteiger partial charge in [-0.15, -0.1) is 0 Å². The molecule has 0 atom stereocenters. The third-order valence-electron chi connectivity index (χ3n) is 4.80. The number of aromatic nitrogens is 2. The van der Waals surface area contributed by atoms with Crippen molar-refractivity contribution in [1.29, 1.82) is 0 Å². The van der Waals surface area contributed by atoms with Crippen molar-refractivity contribution in [2.24, 2.45) is 0 Å². The minimum atomic E-state index is -0.101. The first-order valence-corrected chi connectivity index (χ1v) is 11.3. The topological polar surface area (TPSA) is 64.1 Å². The van der Waals surface area contributed by atoms with E-state index in [9.17, 15) is 4.79 Å². The molecule has 0 radical (unpaired) electrons. The van der Waals surface area contributed by atoms with Gasteiger partial charge in [-0.3, -0.25) is 4.79 Å². The van der Waals surface area contributed by atoms with E-state index in [1.807, 2.05) is 48.5 Å². The molecule has 0 saturated heterocycles. The van der Waals surface area contributed by atoms with Crippen molar-refractivity contribution in [2.45, 2.75) is 43.5 Å². The van der Waals surface area contributed by atoms with E-state index in [0.29, 0.717) is 11.6 Å². The Morgan fingerprint density at radius 3 is 2.53 bits per heavy atom. The van der Waals surface area contributed by atoms with Crippen LogP contribution in [0.15, 0.2) is 53.7 Å². The average molecular weight is 440 g/mol. The minimum Gasteiger partial charge on any atom is -0.439 e. The molecule has 0 spiro atoms. The number of thioether (sulfide) groups is 1. The summed E-state index contributed by atoms with van der Waals surface area (Å²) in [7, 11) is 0. The van der Waals surface area contributed by atoms with E-state index < -0.39 is 0 Å². The maximum atomic E-state index is 11.2. The maximum absolute atomic E-state index is 11.2. The fourth-order valence-electron chi connectivity index (χ4n) is 3.34. The molecule has 30 heavy (non-hydrogen) atoms. The van der Waals surface area contributed by atoms with Gasteiger partial charge in [-0.25, -0.2) is 4.98 Å². The number of halogens is 1. The van der Waals surface area contributed by atoms with Gasteiger partial charge in [-0.05, 0) is 67.6 Å². The largest absolute Gasteiger partial charge is 0.439 e. The molecular formula is C23H22ClN3O2S. The first kappa shape index (κ1) is 20.7. The Morgan fingerprint density at radius 1 is 1.07 bits per heavy atom. The lowest BCUT2D eigenvalue weighted by Gasteiger charge is -2.19. The molecule has 0 unspecified atom stereocenters. The Hall–Kier alpha value is -2.57. The van der Waals surface area contributed by atoms with Crippen LogP contribution in [0.1, 0.15) is 36.6 Å². The van der Waals surface area contributed by atoms with Crippen LogP contribution in [0.25, 0.3) is 0 Å². The molecule has 1 aliphatic carbocycles. The summed E-state index contributed by atoms with van der Waals surface area (Å²) in [6, 6.07) is 15.1. The molecule has 1 aromatic heterocycles. The first-order valence-electron chi connectivity index (χ1n) is 9.89. The van der Waals surface area contributed by atoms with Crippen molar-refractivity contribution in [2.75, 3.05) is 5.32 Å². The number of anilines is 1. The predicted octanol–water partition coefficient (Wildman–Crippen LogP) is 6.05. The summed E-state index contributed by atoms with van der Waals surface area (Å²) in [6.07, 6.45) is 4.13. The minimum absolute atomic E-state index is 0.101. The summed E-state index contributed by atoms with van der Waals surface area (Å²) >= 11 is 7.57. The molecule has 0 aliphatic heterocycles. The number of ether oxygens (including phenoxy) is 1. The molecule has 3 aromatic rings. The zero-order valence-corrected chi connectivity index (χ0v) is 18.2. The Balaban J connectivity index is 1.54. The lowest BCUT2D eigenvalue weighted by Crippen LogP contribution is -2.10. The van der Waals surface area contributed by atoms with Gasteiger partial charge in [0.25, 0.3) is 0 Å². The number of rotatable bonds is 6. The fourth-order valence-corrected chi connectivity index (χ4v) is 4.27. The highest BCUT2D eigenvalue weighted by molar-refractivity contribution is 7.98. The van der Waals surface area contributed by atoms with E-state index in [1.165, 1.54) is 12.5 Å². The molecule has 1 N–H and O–H groups in total. The molecule has 154 valence electrons. The lowest BCUT2D eigenvalue weighted by atomic mass is 9.97. The second-order valence-electron chi connectivity index (χ2n) is 7.17. The van der Waals surface area contributed by atoms with Crippen LogP contribution in [-0.4, -0.2) is 15.9 Å². The number of carbonyl (C=O) groups is 1. The highest BCUT2D eigenvalue weighted by Crippen LogP contribution is 2.33. The molecule has 4 rings (SSSR count). The van der Waals surface area contributed by atoms with E-state index in [0.717, 1.165) is 58.6 Å². The molecule has 2 aromatic carbocycles. The van der Waals surface area contributed by atoms with Crippen molar-refractivity contribution in [3.8, 4) is 11.6 Å². The molecule has 0 saturated carbocycles. The zero-order chi connectivity index (χ0) is 20.9.